The first-order valence-corrected chi connectivity index (χ1v) is 9.95. The molecule has 0 aromatic heterocycles. The van der Waals surface area contributed by atoms with Crippen molar-refractivity contribution in [3.8, 4) is 17.2 Å². The molecule has 9 heteroatoms. The fourth-order valence-electron chi connectivity index (χ4n) is 2.84. The number of hydrogen-bond acceptors (Lipinski definition) is 7. The zero-order valence-electron chi connectivity index (χ0n) is 18.8. The molecule has 32 heavy (non-hydrogen) atoms. The minimum Gasteiger partial charge on any atom is -0.493 e. The number of anilines is 1. The van der Waals surface area contributed by atoms with Crippen LogP contribution in [0.1, 0.15) is 34.6 Å². The van der Waals surface area contributed by atoms with Crippen molar-refractivity contribution in [2.75, 3.05) is 39.8 Å². The van der Waals surface area contributed by atoms with E-state index in [9.17, 15) is 14.4 Å². The molecule has 2 aromatic carbocycles. The second-order valence-corrected chi connectivity index (χ2v) is 7.16. The van der Waals surface area contributed by atoms with Gasteiger partial charge in [0, 0.05) is 6.54 Å². The molecule has 0 fully saturated rings. The summed E-state index contributed by atoms with van der Waals surface area (Å²) in [5, 5.41) is 5.41. The molecule has 2 rings (SSSR count). The van der Waals surface area contributed by atoms with Gasteiger partial charge >= 0.3 is 5.97 Å². The number of nitrogens with one attached hydrogen (secondary N) is 2. The van der Waals surface area contributed by atoms with Crippen LogP contribution in [-0.4, -0.2) is 52.3 Å². The van der Waals surface area contributed by atoms with Crippen LogP contribution in [0.15, 0.2) is 36.4 Å². The van der Waals surface area contributed by atoms with E-state index in [1.54, 1.807) is 24.3 Å². The summed E-state index contributed by atoms with van der Waals surface area (Å²) in [5.41, 5.74) is 0.708. The van der Waals surface area contributed by atoms with Crippen molar-refractivity contribution in [2.24, 2.45) is 5.92 Å². The Morgan fingerprint density at radius 2 is 1.56 bits per heavy atom. The van der Waals surface area contributed by atoms with Gasteiger partial charge in [0.25, 0.3) is 11.8 Å². The summed E-state index contributed by atoms with van der Waals surface area (Å²) in [6.07, 6.45) is 0. The lowest BCUT2D eigenvalue weighted by Crippen LogP contribution is -2.29. The maximum absolute atomic E-state index is 12.5. The van der Waals surface area contributed by atoms with Crippen LogP contribution in [0.5, 0.6) is 17.2 Å². The third-order valence-corrected chi connectivity index (χ3v) is 4.38. The molecular formula is C23H28N2O7. The Labute approximate surface area is 187 Å². The summed E-state index contributed by atoms with van der Waals surface area (Å²) in [6.45, 7) is 3.91. The summed E-state index contributed by atoms with van der Waals surface area (Å²) in [5.74, 6) is -0.649. The Bertz CT molecular complexity index is 973. The largest absolute Gasteiger partial charge is 0.493 e. The predicted molar refractivity (Wildman–Crippen MR) is 119 cm³/mol. The molecule has 0 aliphatic heterocycles. The maximum Gasteiger partial charge on any atom is 0.342 e. The average Bonchev–Trinajstić information content (AvgIpc) is 2.80. The molecule has 0 heterocycles. The average molecular weight is 444 g/mol. The lowest BCUT2D eigenvalue weighted by Gasteiger charge is -2.15. The van der Waals surface area contributed by atoms with Crippen LogP contribution in [0.25, 0.3) is 0 Å². The molecule has 0 saturated heterocycles. The Morgan fingerprint density at radius 1 is 0.875 bits per heavy atom. The topological polar surface area (TPSA) is 112 Å². The second kappa shape index (κ2) is 11.6. The molecule has 2 amide bonds. The van der Waals surface area contributed by atoms with Crippen LogP contribution in [0.3, 0.4) is 0 Å². The molecule has 0 spiro atoms. The zero-order chi connectivity index (χ0) is 23.7. The quantitative estimate of drug-likeness (QED) is 0.542. The van der Waals surface area contributed by atoms with Crippen LogP contribution in [0.2, 0.25) is 0 Å². The minimum atomic E-state index is -0.777. The molecule has 0 aliphatic carbocycles. The fourth-order valence-corrected chi connectivity index (χ4v) is 2.84. The van der Waals surface area contributed by atoms with Crippen molar-refractivity contribution in [1.82, 2.24) is 5.32 Å². The van der Waals surface area contributed by atoms with Gasteiger partial charge in [0.1, 0.15) is 5.56 Å². The van der Waals surface area contributed by atoms with Gasteiger partial charge in [0.05, 0.1) is 32.6 Å². The number of methoxy groups -OCH3 is 3. The summed E-state index contributed by atoms with van der Waals surface area (Å²) in [7, 11) is 4.25. The van der Waals surface area contributed by atoms with E-state index in [0.717, 1.165) is 0 Å². The Hall–Kier alpha value is -3.75. The molecule has 0 bridgehead atoms. The van der Waals surface area contributed by atoms with E-state index in [1.165, 1.54) is 33.5 Å². The normalized spacial score (nSPS) is 10.3. The van der Waals surface area contributed by atoms with Crippen LogP contribution in [-0.2, 0) is 9.53 Å². The van der Waals surface area contributed by atoms with Gasteiger partial charge in [-0.2, -0.15) is 0 Å². The van der Waals surface area contributed by atoms with E-state index in [0.29, 0.717) is 23.5 Å². The summed E-state index contributed by atoms with van der Waals surface area (Å²) in [6, 6.07) is 9.57. The number of carbonyl (C=O) groups excluding carboxylic acids is 3. The van der Waals surface area contributed by atoms with E-state index in [1.807, 2.05) is 13.8 Å². The Kier molecular flexibility index (Phi) is 8.88. The summed E-state index contributed by atoms with van der Waals surface area (Å²) in [4.78, 5) is 37.3. The predicted octanol–water partition coefficient (Wildman–Crippen LogP) is 2.89. The Morgan fingerprint density at radius 3 is 2.19 bits per heavy atom. The molecule has 9 nitrogen and oxygen atoms in total. The third kappa shape index (κ3) is 6.13. The number of amides is 2. The molecule has 0 aliphatic rings. The fraction of sp³-hybridized carbons (Fsp3) is 0.348. The standard InChI is InChI=1S/C23H28N2O7/c1-14(2)12-24-22(27)15-8-6-7-9-17(15)25-19(26)13-32-23(28)16-10-11-18(29-3)21(31-5)20(16)30-4/h6-11,14H,12-13H2,1-5H3,(H,24,27)(H,25,26). The monoisotopic (exact) mass is 444 g/mol. The SMILES string of the molecule is COc1ccc(C(=O)OCC(=O)Nc2ccccc2C(=O)NCC(C)C)c(OC)c1OC. The molecule has 0 radical (unpaired) electrons. The summed E-state index contributed by atoms with van der Waals surface area (Å²) >= 11 is 0. The number of benzene rings is 2. The van der Waals surface area contributed by atoms with Crippen molar-refractivity contribution in [3.05, 3.63) is 47.5 Å². The van der Waals surface area contributed by atoms with Gasteiger partial charge in [-0.15, -0.1) is 0 Å². The van der Waals surface area contributed by atoms with Crippen LogP contribution in [0, 0.1) is 5.92 Å². The number of ether oxygens (including phenoxy) is 4. The zero-order valence-corrected chi connectivity index (χ0v) is 18.8. The third-order valence-electron chi connectivity index (χ3n) is 4.38. The molecule has 2 aromatic rings. The number of esters is 1. The van der Waals surface area contributed by atoms with Gasteiger partial charge in [-0.3, -0.25) is 9.59 Å². The van der Waals surface area contributed by atoms with Crippen LogP contribution >= 0.6 is 0 Å². The van der Waals surface area contributed by atoms with Crippen molar-refractivity contribution in [3.63, 3.8) is 0 Å². The van der Waals surface area contributed by atoms with Gasteiger partial charge in [-0.25, -0.2) is 4.79 Å². The molecule has 172 valence electrons. The van der Waals surface area contributed by atoms with Gasteiger partial charge in [-0.1, -0.05) is 26.0 Å². The first-order chi connectivity index (χ1) is 15.3. The van der Waals surface area contributed by atoms with E-state index in [2.05, 4.69) is 10.6 Å². The molecule has 0 atom stereocenters. The van der Waals surface area contributed by atoms with Gasteiger partial charge in [0.15, 0.2) is 18.1 Å². The van der Waals surface area contributed by atoms with Gasteiger partial charge < -0.3 is 29.6 Å². The lowest BCUT2D eigenvalue weighted by molar-refractivity contribution is -0.119. The van der Waals surface area contributed by atoms with E-state index in [4.69, 9.17) is 18.9 Å². The molecule has 0 unspecified atom stereocenters. The minimum absolute atomic E-state index is 0.0754. The number of rotatable bonds is 10. The van der Waals surface area contributed by atoms with Gasteiger partial charge in [-0.05, 0) is 30.2 Å². The highest BCUT2D eigenvalue weighted by Gasteiger charge is 2.22. The van der Waals surface area contributed by atoms with Crippen molar-refractivity contribution >= 4 is 23.5 Å². The Balaban J connectivity index is 2.07. The second-order valence-electron chi connectivity index (χ2n) is 7.16. The highest BCUT2D eigenvalue weighted by molar-refractivity contribution is 6.04. The van der Waals surface area contributed by atoms with Crippen molar-refractivity contribution in [1.29, 1.82) is 0 Å². The number of hydrogen-bond donors (Lipinski definition) is 2. The van der Waals surface area contributed by atoms with Gasteiger partial charge in [0.2, 0.25) is 5.75 Å². The summed E-state index contributed by atoms with van der Waals surface area (Å²) < 4.78 is 20.8. The van der Waals surface area contributed by atoms with Crippen molar-refractivity contribution < 1.29 is 33.3 Å². The first-order valence-electron chi connectivity index (χ1n) is 9.95. The van der Waals surface area contributed by atoms with E-state index >= 15 is 0 Å². The maximum atomic E-state index is 12.5. The number of carbonyl (C=O) groups is 3. The smallest absolute Gasteiger partial charge is 0.342 e. The van der Waals surface area contributed by atoms with Crippen LogP contribution in [0.4, 0.5) is 5.69 Å². The van der Waals surface area contributed by atoms with E-state index < -0.39 is 18.5 Å². The molecule has 2 N–H and O–H groups in total. The highest BCUT2D eigenvalue weighted by Crippen LogP contribution is 2.39. The van der Waals surface area contributed by atoms with Crippen LogP contribution < -0.4 is 24.8 Å². The molecular weight excluding hydrogens is 416 g/mol. The highest BCUT2D eigenvalue weighted by atomic mass is 16.5. The first kappa shape index (κ1) is 24.5. The van der Waals surface area contributed by atoms with Crippen molar-refractivity contribution in [2.45, 2.75) is 13.8 Å². The number of para-hydroxylation sites is 1. The molecule has 0 saturated carbocycles. The lowest BCUT2D eigenvalue weighted by atomic mass is 10.1. The van der Waals surface area contributed by atoms with E-state index in [-0.39, 0.29) is 28.9 Å².